The third-order valence-electron chi connectivity index (χ3n) is 4.80. The van der Waals surface area contributed by atoms with E-state index in [1.165, 1.54) is 51.6 Å². The summed E-state index contributed by atoms with van der Waals surface area (Å²) in [6.07, 6.45) is 8.28. The van der Waals surface area contributed by atoms with Crippen molar-refractivity contribution in [3.63, 3.8) is 0 Å². The van der Waals surface area contributed by atoms with Gasteiger partial charge >= 0.3 is 0 Å². The molecule has 0 aromatic rings. The van der Waals surface area contributed by atoms with Crippen LogP contribution in [0.4, 0.5) is 0 Å². The van der Waals surface area contributed by atoms with Crippen molar-refractivity contribution in [2.45, 2.75) is 56.7 Å². The fourth-order valence-corrected chi connectivity index (χ4v) is 3.53. The van der Waals surface area contributed by atoms with Gasteiger partial charge in [0, 0.05) is 18.1 Å². The van der Waals surface area contributed by atoms with Crippen molar-refractivity contribution in [2.24, 2.45) is 0 Å². The first-order valence-corrected chi connectivity index (χ1v) is 7.28. The lowest BCUT2D eigenvalue weighted by atomic mass is 9.88. The molecule has 0 amide bonds. The number of piperidine rings is 1. The molecule has 1 saturated heterocycles. The minimum absolute atomic E-state index is 0.764. The van der Waals surface area contributed by atoms with Crippen molar-refractivity contribution in [1.82, 2.24) is 15.1 Å². The molecule has 3 nitrogen and oxygen atoms in total. The highest BCUT2D eigenvalue weighted by Crippen LogP contribution is 2.26. The summed E-state index contributed by atoms with van der Waals surface area (Å²) in [6, 6.07) is 2.43. The van der Waals surface area contributed by atoms with Crippen LogP contribution in [0.1, 0.15) is 38.5 Å². The summed E-state index contributed by atoms with van der Waals surface area (Å²) in [4.78, 5) is 5.15. The molecule has 17 heavy (non-hydrogen) atoms. The third kappa shape index (κ3) is 3.43. The maximum Gasteiger partial charge on any atom is 0.0113 e. The fourth-order valence-electron chi connectivity index (χ4n) is 3.53. The lowest BCUT2D eigenvalue weighted by molar-refractivity contribution is 0.0826. The van der Waals surface area contributed by atoms with Gasteiger partial charge in [-0.2, -0.15) is 0 Å². The van der Waals surface area contributed by atoms with Crippen LogP contribution in [-0.2, 0) is 0 Å². The Morgan fingerprint density at radius 1 is 1.06 bits per heavy atom. The molecular weight excluding hydrogens is 210 g/mol. The summed E-state index contributed by atoms with van der Waals surface area (Å²) < 4.78 is 0. The zero-order valence-corrected chi connectivity index (χ0v) is 11.8. The molecule has 1 heterocycles. The lowest BCUT2D eigenvalue weighted by Crippen LogP contribution is -2.49. The Morgan fingerprint density at radius 2 is 1.76 bits per heavy atom. The molecule has 1 unspecified atom stereocenters. The summed E-state index contributed by atoms with van der Waals surface area (Å²) >= 11 is 0. The fraction of sp³-hybridized carbons (Fsp3) is 1.00. The predicted molar refractivity (Wildman–Crippen MR) is 73.4 cm³/mol. The molecular formula is C14H29N3. The van der Waals surface area contributed by atoms with E-state index in [2.05, 4.69) is 36.3 Å². The van der Waals surface area contributed by atoms with Gasteiger partial charge in [0.25, 0.3) is 0 Å². The highest BCUT2D eigenvalue weighted by atomic mass is 15.2. The monoisotopic (exact) mass is 239 g/mol. The quantitative estimate of drug-likeness (QED) is 0.806. The van der Waals surface area contributed by atoms with Gasteiger partial charge in [0.1, 0.15) is 0 Å². The van der Waals surface area contributed by atoms with Gasteiger partial charge < -0.3 is 15.1 Å². The van der Waals surface area contributed by atoms with Gasteiger partial charge in [-0.1, -0.05) is 6.42 Å². The van der Waals surface area contributed by atoms with E-state index in [1.54, 1.807) is 0 Å². The van der Waals surface area contributed by atoms with Crippen molar-refractivity contribution < 1.29 is 0 Å². The first-order valence-electron chi connectivity index (χ1n) is 7.28. The van der Waals surface area contributed by atoms with Crippen molar-refractivity contribution in [3.8, 4) is 0 Å². The molecule has 2 aliphatic rings. The minimum Gasteiger partial charge on any atom is -0.317 e. The summed E-state index contributed by atoms with van der Waals surface area (Å²) in [5.74, 6) is 0. The molecule has 0 radical (unpaired) electrons. The molecule has 0 spiro atoms. The average molecular weight is 239 g/mol. The molecule has 0 aromatic carbocycles. The Labute approximate surface area is 107 Å². The van der Waals surface area contributed by atoms with E-state index in [1.807, 2.05) is 0 Å². The second-order valence-electron chi connectivity index (χ2n) is 6.04. The van der Waals surface area contributed by atoms with E-state index >= 15 is 0 Å². The topological polar surface area (TPSA) is 18.5 Å². The smallest absolute Gasteiger partial charge is 0.0113 e. The third-order valence-corrected chi connectivity index (χ3v) is 4.80. The van der Waals surface area contributed by atoms with Crippen LogP contribution >= 0.6 is 0 Å². The van der Waals surface area contributed by atoms with Crippen molar-refractivity contribution in [2.75, 3.05) is 34.2 Å². The van der Waals surface area contributed by atoms with Gasteiger partial charge in [-0.25, -0.2) is 0 Å². The van der Waals surface area contributed by atoms with Crippen LogP contribution in [0.15, 0.2) is 0 Å². The maximum atomic E-state index is 3.47. The molecule has 1 aliphatic heterocycles. The number of likely N-dealkylation sites (tertiary alicyclic amines) is 1. The summed E-state index contributed by atoms with van der Waals surface area (Å²) in [5, 5.41) is 3.47. The van der Waals surface area contributed by atoms with Crippen LogP contribution in [0.3, 0.4) is 0 Å². The van der Waals surface area contributed by atoms with Gasteiger partial charge in [-0.3, -0.25) is 0 Å². The van der Waals surface area contributed by atoms with Crippen LogP contribution in [0.2, 0.25) is 0 Å². The van der Waals surface area contributed by atoms with E-state index in [4.69, 9.17) is 0 Å². The Bertz CT molecular complexity index is 222. The molecule has 1 N–H and O–H groups in total. The van der Waals surface area contributed by atoms with E-state index in [-0.39, 0.29) is 0 Å². The van der Waals surface area contributed by atoms with Crippen LogP contribution < -0.4 is 5.32 Å². The van der Waals surface area contributed by atoms with E-state index in [9.17, 15) is 0 Å². The van der Waals surface area contributed by atoms with Crippen molar-refractivity contribution in [3.05, 3.63) is 0 Å². The van der Waals surface area contributed by atoms with Crippen LogP contribution in [0.5, 0.6) is 0 Å². The Kier molecular flexibility index (Phi) is 4.83. The van der Waals surface area contributed by atoms with Gasteiger partial charge in [0.15, 0.2) is 0 Å². The second kappa shape index (κ2) is 6.17. The maximum absolute atomic E-state index is 3.47. The normalized spacial score (nSPS) is 33.2. The average Bonchev–Trinajstić information content (AvgIpc) is 2.39. The van der Waals surface area contributed by atoms with E-state index in [0.717, 1.165) is 18.1 Å². The van der Waals surface area contributed by atoms with Gasteiger partial charge in [0.05, 0.1) is 0 Å². The predicted octanol–water partition coefficient (Wildman–Crippen LogP) is 1.54. The molecule has 2 rings (SSSR count). The standard InChI is InChI=1S/C14H29N3/c1-15-12-5-4-6-14(11-12)17-9-7-13(8-10-17)16(2)3/h12-15H,4-11H2,1-3H3/t12?,14-/m1/s1. The molecule has 3 heteroatoms. The number of nitrogens with one attached hydrogen (secondary N) is 1. The number of nitrogens with zero attached hydrogens (tertiary/aromatic N) is 2. The first kappa shape index (κ1) is 13.3. The van der Waals surface area contributed by atoms with Crippen LogP contribution in [0.25, 0.3) is 0 Å². The molecule has 0 aromatic heterocycles. The van der Waals surface area contributed by atoms with E-state index in [0.29, 0.717) is 0 Å². The van der Waals surface area contributed by atoms with E-state index < -0.39 is 0 Å². The Balaban J connectivity index is 1.80. The van der Waals surface area contributed by atoms with Crippen LogP contribution in [-0.4, -0.2) is 62.2 Å². The zero-order chi connectivity index (χ0) is 12.3. The number of rotatable bonds is 3. The molecule has 100 valence electrons. The molecule has 2 fully saturated rings. The Morgan fingerprint density at radius 3 is 2.35 bits per heavy atom. The Hall–Kier alpha value is -0.120. The molecule has 1 aliphatic carbocycles. The first-order chi connectivity index (χ1) is 8.20. The molecule has 1 saturated carbocycles. The molecule has 2 atom stereocenters. The van der Waals surface area contributed by atoms with Crippen molar-refractivity contribution >= 4 is 0 Å². The zero-order valence-electron chi connectivity index (χ0n) is 11.8. The van der Waals surface area contributed by atoms with Crippen molar-refractivity contribution in [1.29, 1.82) is 0 Å². The highest BCUT2D eigenvalue weighted by molar-refractivity contribution is 4.87. The summed E-state index contributed by atoms with van der Waals surface area (Å²) in [6.45, 7) is 2.62. The minimum atomic E-state index is 0.764. The SMILES string of the molecule is CNC1CCC[C@@H](N2CCC(N(C)C)CC2)C1. The van der Waals surface area contributed by atoms with Crippen LogP contribution in [0, 0.1) is 0 Å². The lowest BCUT2D eigenvalue weighted by Gasteiger charge is -2.42. The highest BCUT2D eigenvalue weighted by Gasteiger charge is 2.29. The largest absolute Gasteiger partial charge is 0.317 e. The van der Waals surface area contributed by atoms with Gasteiger partial charge in [0.2, 0.25) is 0 Å². The molecule has 0 bridgehead atoms. The number of hydrogen-bond donors (Lipinski definition) is 1. The summed E-state index contributed by atoms with van der Waals surface area (Å²) in [5.41, 5.74) is 0. The van der Waals surface area contributed by atoms with Gasteiger partial charge in [-0.05, 0) is 66.3 Å². The second-order valence-corrected chi connectivity index (χ2v) is 6.04. The summed E-state index contributed by atoms with van der Waals surface area (Å²) in [7, 11) is 6.56. The number of hydrogen-bond acceptors (Lipinski definition) is 3. The van der Waals surface area contributed by atoms with Gasteiger partial charge in [-0.15, -0.1) is 0 Å².